The molecule has 0 bridgehead atoms. The molecular weight excluding hydrogens is 244 g/mol. The van der Waals surface area contributed by atoms with Crippen LogP contribution in [0.25, 0.3) is 0 Å². The third kappa shape index (κ3) is 2.14. The van der Waals surface area contributed by atoms with Gasteiger partial charge in [-0.25, -0.2) is 0 Å². The Morgan fingerprint density at radius 3 is 2.60 bits per heavy atom. The predicted molar refractivity (Wildman–Crippen MR) is 84.4 cm³/mol. The molecule has 2 saturated heterocycles. The van der Waals surface area contributed by atoms with Gasteiger partial charge in [0, 0.05) is 17.8 Å². The summed E-state index contributed by atoms with van der Waals surface area (Å²) >= 11 is 0. The van der Waals surface area contributed by atoms with Gasteiger partial charge < -0.3 is 10.2 Å². The number of benzene rings is 1. The highest BCUT2D eigenvalue weighted by atomic mass is 15.2. The van der Waals surface area contributed by atoms with E-state index in [0.29, 0.717) is 5.54 Å². The van der Waals surface area contributed by atoms with Crippen molar-refractivity contribution in [1.29, 1.82) is 0 Å². The molecule has 1 spiro atoms. The molecule has 3 fully saturated rings. The van der Waals surface area contributed by atoms with Crippen molar-refractivity contribution in [2.24, 2.45) is 0 Å². The maximum absolute atomic E-state index is 3.55. The zero-order chi connectivity index (χ0) is 13.4. The first-order valence-corrected chi connectivity index (χ1v) is 8.46. The van der Waals surface area contributed by atoms with Gasteiger partial charge in [0.05, 0.1) is 0 Å². The molecule has 1 aliphatic carbocycles. The summed E-state index contributed by atoms with van der Waals surface area (Å²) in [6.45, 7) is 3.66. The average molecular weight is 270 g/mol. The summed E-state index contributed by atoms with van der Waals surface area (Å²) in [7, 11) is 0. The van der Waals surface area contributed by atoms with Crippen molar-refractivity contribution in [2.45, 2.75) is 56.4 Å². The van der Waals surface area contributed by atoms with E-state index in [1.165, 1.54) is 64.6 Å². The first-order chi connectivity index (χ1) is 9.89. The van der Waals surface area contributed by atoms with Crippen LogP contribution in [0.4, 0.5) is 5.69 Å². The van der Waals surface area contributed by atoms with Gasteiger partial charge in [0.1, 0.15) is 0 Å². The van der Waals surface area contributed by atoms with Gasteiger partial charge in [-0.1, -0.05) is 18.2 Å². The molecule has 2 aliphatic heterocycles. The zero-order valence-corrected chi connectivity index (χ0v) is 12.4. The number of nitrogens with one attached hydrogen (secondary N) is 1. The fourth-order valence-electron chi connectivity index (χ4n) is 4.36. The molecule has 20 heavy (non-hydrogen) atoms. The Morgan fingerprint density at radius 2 is 1.80 bits per heavy atom. The molecular formula is C18H26N2. The van der Waals surface area contributed by atoms with Crippen LogP contribution in [0.3, 0.4) is 0 Å². The molecule has 0 radical (unpaired) electrons. The summed E-state index contributed by atoms with van der Waals surface area (Å²) in [6, 6.07) is 9.25. The van der Waals surface area contributed by atoms with Crippen LogP contribution in [-0.4, -0.2) is 25.2 Å². The Labute approximate surface area is 122 Å². The standard InChI is InChI=1S/C18H26N2/c1-2-6-17(16(5-1)15-7-8-15)20-14-4-3-9-18(20)10-12-19-13-11-18/h1-2,5-6,15,19H,3-4,7-14H2. The first-order valence-electron chi connectivity index (χ1n) is 8.46. The first kappa shape index (κ1) is 12.7. The largest absolute Gasteiger partial charge is 0.366 e. The van der Waals surface area contributed by atoms with Gasteiger partial charge in [-0.2, -0.15) is 0 Å². The van der Waals surface area contributed by atoms with E-state index < -0.39 is 0 Å². The van der Waals surface area contributed by atoms with Gasteiger partial charge in [-0.3, -0.25) is 0 Å². The van der Waals surface area contributed by atoms with Gasteiger partial charge in [-0.15, -0.1) is 0 Å². The summed E-state index contributed by atoms with van der Waals surface area (Å²) in [5.41, 5.74) is 3.65. The van der Waals surface area contributed by atoms with Crippen LogP contribution in [0, 0.1) is 0 Å². The Hall–Kier alpha value is -1.02. The number of rotatable bonds is 2. The summed E-state index contributed by atoms with van der Waals surface area (Å²) in [5.74, 6) is 0.854. The normalized spacial score (nSPS) is 25.9. The lowest BCUT2D eigenvalue weighted by Crippen LogP contribution is -2.57. The lowest BCUT2D eigenvalue weighted by atomic mass is 9.78. The Balaban J connectivity index is 1.71. The summed E-state index contributed by atoms with van der Waals surface area (Å²) in [6.07, 6.45) is 9.64. The molecule has 0 atom stereocenters. The van der Waals surface area contributed by atoms with Crippen molar-refractivity contribution < 1.29 is 0 Å². The number of piperidine rings is 2. The third-order valence-electron chi connectivity index (χ3n) is 5.63. The van der Waals surface area contributed by atoms with Crippen molar-refractivity contribution in [1.82, 2.24) is 5.32 Å². The van der Waals surface area contributed by atoms with E-state index >= 15 is 0 Å². The molecule has 0 unspecified atom stereocenters. The minimum absolute atomic E-state index is 0.453. The van der Waals surface area contributed by atoms with E-state index in [9.17, 15) is 0 Å². The Bertz CT molecular complexity index is 464. The minimum Gasteiger partial charge on any atom is -0.366 e. The van der Waals surface area contributed by atoms with E-state index in [0.717, 1.165) is 5.92 Å². The molecule has 2 heterocycles. The monoisotopic (exact) mass is 270 g/mol. The van der Waals surface area contributed by atoms with Crippen molar-refractivity contribution in [3.8, 4) is 0 Å². The van der Waals surface area contributed by atoms with Crippen LogP contribution in [0.1, 0.15) is 56.4 Å². The summed E-state index contributed by atoms with van der Waals surface area (Å²) in [5, 5.41) is 3.55. The van der Waals surface area contributed by atoms with E-state index in [2.05, 4.69) is 34.5 Å². The van der Waals surface area contributed by atoms with Gasteiger partial charge in [0.2, 0.25) is 0 Å². The van der Waals surface area contributed by atoms with Gasteiger partial charge in [0.25, 0.3) is 0 Å². The highest BCUT2D eigenvalue weighted by molar-refractivity contribution is 5.58. The van der Waals surface area contributed by atoms with Crippen LogP contribution in [0.15, 0.2) is 24.3 Å². The second kappa shape index (κ2) is 5.07. The molecule has 0 aromatic heterocycles. The quantitative estimate of drug-likeness (QED) is 0.882. The molecule has 3 aliphatic rings. The molecule has 2 heteroatoms. The molecule has 0 amide bonds. The van der Waals surface area contributed by atoms with Crippen LogP contribution >= 0.6 is 0 Å². The van der Waals surface area contributed by atoms with Crippen molar-refractivity contribution in [2.75, 3.05) is 24.5 Å². The number of anilines is 1. The lowest BCUT2D eigenvalue weighted by molar-refractivity contribution is 0.236. The molecule has 4 rings (SSSR count). The van der Waals surface area contributed by atoms with E-state index in [1.807, 2.05) is 0 Å². The topological polar surface area (TPSA) is 15.3 Å². The maximum atomic E-state index is 3.55. The van der Waals surface area contributed by atoms with Crippen LogP contribution in [-0.2, 0) is 0 Å². The fourth-order valence-corrected chi connectivity index (χ4v) is 4.36. The van der Waals surface area contributed by atoms with Gasteiger partial charge >= 0.3 is 0 Å². The molecule has 1 aromatic rings. The highest BCUT2D eigenvalue weighted by Crippen LogP contribution is 2.47. The summed E-state index contributed by atoms with van der Waals surface area (Å²) in [4.78, 5) is 2.81. The number of hydrogen-bond acceptors (Lipinski definition) is 2. The van der Waals surface area contributed by atoms with Crippen LogP contribution in [0.5, 0.6) is 0 Å². The second-order valence-corrected chi connectivity index (χ2v) is 6.92. The Morgan fingerprint density at radius 1 is 1.00 bits per heavy atom. The third-order valence-corrected chi connectivity index (χ3v) is 5.63. The maximum Gasteiger partial charge on any atom is 0.0426 e. The molecule has 1 saturated carbocycles. The number of hydrogen-bond donors (Lipinski definition) is 1. The zero-order valence-electron chi connectivity index (χ0n) is 12.4. The molecule has 108 valence electrons. The van der Waals surface area contributed by atoms with Crippen molar-refractivity contribution in [3.63, 3.8) is 0 Å². The van der Waals surface area contributed by atoms with Gasteiger partial charge in [0.15, 0.2) is 0 Å². The van der Waals surface area contributed by atoms with E-state index in [-0.39, 0.29) is 0 Å². The smallest absolute Gasteiger partial charge is 0.0426 e. The number of nitrogens with zero attached hydrogens (tertiary/aromatic N) is 1. The van der Waals surface area contributed by atoms with E-state index in [1.54, 1.807) is 11.3 Å². The van der Waals surface area contributed by atoms with Crippen LogP contribution < -0.4 is 10.2 Å². The molecule has 1 N–H and O–H groups in total. The van der Waals surface area contributed by atoms with Gasteiger partial charge in [-0.05, 0) is 75.6 Å². The second-order valence-electron chi connectivity index (χ2n) is 6.92. The highest BCUT2D eigenvalue weighted by Gasteiger charge is 2.41. The molecule has 2 nitrogen and oxygen atoms in total. The Kier molecular flexibility index (Phi) is 3.22. The number of para-hydroxylation sites is 1. The molecule has 1 aromatic carbocycles. The minimum atomic E-state index is 0.453. The van der Waals surface area contributed by atoms with Crippen LogP contribution in [0.2, 0.25) is 0 Å². The van der Waals surface area contributed by atoms with Crippen molar-refractivity contribution >= 4 is 5.69 Å². The van der Waals surface area contributed by atoms with Crippen molar-refractivity contribution in [3.05, 3.63) is 29.8 Å². The summed E-state index contributed by atoms with van der Waals surface area (Å²) < 4.78 is 0. The fraction of sp³-hybridized carbons (Fsp3) is 0.667. The lowest BCUT2D eigenvalue weighted by Gasteiger charge is -2.51. The van der Waals surface area contributed by atoms with E-state index in [4.69, 9.17) is 0 Å². The predicted octanol–water partition coefficient (Wildman–Crippen LogP) is 3.68. The average Bonchev–Trinajstić information content (AvgIpc) is 3.33. The SMILES string of the molecule is c1ccc(N2CCCCC23CCNCC3)c(C2CC2)c1.